The molecule has 9 heteroatoms. The average molecular weight is 464 g/mol. The van der Waals surface area contributed by atoms with Crippen LogP contribution in [0.4, 0.5) is 0 Å². The minimum absolute atomic E-state index is 0.138. The van der Waals surface area contributed by atoms with Crippen LogP contribution < -0.4 is 14.2 Å². The molecule has 2 rings (SSSR count). The van der Waals surface area contributed by atoms with E-state index in [1.807, 2.05) is 13.8 Å². The molecule has 2 aromatic carbocycles. The fourth-order valence-electron chi connectivity index (χ4n) is 2.37. The number of ether oxygens (including phenoxy) is 2. The normalized spacial score (nSPS) is 11.4. The molecule has 5 nitrogen and oxygen atoms in total. The summed E-state index contributed by atoms with van der Waals surface area (Å²) in [7, 11) is -3.65. The van der Waals surface area contributed by atoms with Crippen molar-refractivity contribution in [3.63, 3.8) is 0 Å². The van der Waals surface area contributed by atoms with Crippen molar-refractivity contribution < 1.29 is 17.9 Å². The number of sulfonamides is 1. The predicted molar refractivity (Wildman–Crippen MR) is 117 cm³/mol. The fourth-order valence-corrected chi connectivity index (χ4v) is 5.15. The summed E-state index contributed by atoms with van der Waals surface area (Å²) in [5, 5.41) is 1.22. The van der Waals surface area contributed by atoms with Gasteiger partial charge in [-0.05, 0) is 43.7 Å². The van der Waals surface area contributed by atoms with Crippen molar-refractivity contribution in [2.45, 2.75) is 24.5 Å². The Morgan fingerprint density at radius 2 is 1.64 bits per heavy atom. The van der Waals surface area contributed by atoms with E-state index in [2.05, 4.69) is 4.72 Å². The highest BCUT2D eigenvalue weighted by molar-refractivity contribution is 7.98. The van der Waals surface area contributed by atoms with Gasteiger partial charge in [-0.15, -0.1) is 0 Å². The maximum Gasteiger partial charge on any atom is 0.240 e. The molecular formula is C19H23Cl2NO4S2. The molecule has 0 atom stereocenters. The van der Waals surface area contributed by atoms with Crippen molar-refractivity contribution in [3.05, 3.63) is 52.0 Å². The largest absolute Gasteiger partial charge is 0.490 e. The first-order valence-electron chi connectivity index (χ1n) is 8.79. The Labute approximate surface area is 180 Å². The molecule has 0 heterocycles. The number of thioether (sulfide) groups is 1. The van der Waals surface area contributed by atoms with Crippen molar-refractivity contribution in [2.24, 2.45) is 0 Å². The SMILES string of the molecule is CCOc1ccc(S(=O)(=O)NCCSCc2c(Cl)cccc2Cl)cc1OCC. The Bertz CT molecular complexity index is 871. The number of halogens is 2. The first kappa shape index (κ1) is 23.2. The third-order valence-corrected chi connectivity index (χ3v) is 6.82. The van der Waals surface area contributed by atoms with Crippen molar-refractivity contribution >= 4 is 45.0 Å². The van der Waals surface area contributed by atoms with E-state index in [-0.39, 0.29) is 11.4 Å². The monoisotopic (exact) mass is 463 g/mol. The molecule has 0 unspecified atom stereocenters. The highest BCUT2D eigenvalue weighted by Gasteiger charge is 2.17. The topological polar surface area (TPSA) is 64.6 Å². The van der Waals surface area contributed by atoms with Gasteiger partial charge in [0.15, 0.2) is 11.5 Å². The van der Waals surface area contributed by atoms with Crippen LogP contribution in [0.25, 0.3) is 0 Å². The van der Waals surface area contributed by atoms with E-state index in [9.17, 15) is 8.42 Å². The Hall–Kier alpha value is -1.12. The maximum atomic E-state index is 12.5. The van der Waals surface area contributed by atoms with E-state index in [0.29, 0.717) is 46.3 Å². The van der Waals surface area contributed by atoms with Crippen LogP contribution in [0.5, 0.6) is 11.5 Å². The molecule has 0 spiro atoms. The molecule has 0 aliphatic heterocycles. The van der Waals surface area contributed by atoms with Crippen LogP contribution in [0.2, 0.25) is 10.0 Å². The molecule has 0 aliphatic carbocycles. The van der Waals surface area contributed by atoms with Gasteiger partial charge in [-0.3, -0.25) is 0 Å². The predicted octanol–water partition coefficient (Wildman–Crippen LogP) is 5.00. The molecule has 0 saturated heterocycles. The summed E-state index contributed by atoms with van der Waals surface area (Å²) < 4.78 is 38.6. The van der Waals surface area contributed by atoms with Crippen molar-refractivity contribution in [2.75, 3.05) is 25.5 Å². The van der Waals surface area contributed by atoms with Crippen molar-refractivity contribution in [1.29, 1.82) is 0 Å². The highest BCUT2D eigenvalue weighted by atomic mass is 35.5. The number of rotatable bonds is 11. The summed E-state index contributed by atoms with van der Waals surface area (Å²) in [5.74, 6) is 2.12. The lowest BCUT2D eigenvalue weighted by Crippen LogP contribution is -2.26. The summed E-state index contributed by atoms with van der Waals surface area (Å²) >= 11 is 13.8. The molecule has 28 heavy (non-hydrogen) atoms. The van der Waals surface area contributed by atoms with E-state index < -0.39 is 10.0 Å². The maximum absolute atomic E-state index is 12.5. The third kappa shape index (κ3) is 6.46. The zero-order chi connectivity index (χ0) is 20.6. The summed E-state index contributed by atoms with van der Waals surface area (Å²) in [5.41, 5.74) is 0.853. The molecule has 0 bridgehead atoms. The van der Waals surface area contributed by atoms with E-state index in [4.69, 9.17) is 32.7 Å². The third-order valence-electron chi connectivity index (χ3n) is 3.67. The molecule has 0 radical (unpaired) electrons. The summed E-state index contributed by atoms with van der Waals surface area (Å²) in [6, 6.07) is 9.96. The first-order chi connectivity index (χ1) is 13.4. The number of benzene rings is 2. The van der Waals surface area contributed by atoms with E-state index in [1.165, 1.54) is 12.1 Å². The van der Waals surface area contributed by atoms with Crippen LogP contribution in [0.1, 0.15) is 19.4 Å². The fraction of sp³-hybridized carbons (Fsp3) is 0.368. The quantitative estimate of drug-likeness (QED) is 0.474. The van der Waals surface area contributed by atoms with Gasteiger partial charge in [0.05, 0.1) is 18.1 Å². The van der Waals surface area contributed by atoms with E-state index >= 15 is 0 Å². The molecule has 2 aromatic rings. The zero-order valence-electron chi connectivity index (χ0n) is 15.7. The number of hydrogen-bond donors (Lipinski definition) is 1. The number of nitrogens with one attached hydrogen (secondary N) is 1. The van der Waals surface area contributed by atoms with Crippen LogP contribution in [-0.2, 0) is 15.8 Å². The number of hydrogen-bond acceptors (Lipinski definition) is 5. The smallest absolute Gasteiger partial charge is 0.240 e. The molecule has 0 fully saturated rings. The van der Waals surface area contributed by atoms with Gasteiger partial charge >= 0.3 is 0 Å². The lowest BCUT2D eigenvalue weighted by Gasteiger charge is -2.13. The molecular weight excluding hydrogens is 441 g/mol. The van der Waals surface area contributed by atoms with Gasteiger partial charge in [0.25, 0.3) is 0 Å². The molecule has 1 N–H and O–H groups in total. The summed E-state index contributed by atoms with van der Waals surface area (Å²) in [6.45, 7) is 4.86. The lowest BCUT2D eigenvalue weighted by atomic mass is 10.2. The Morgan fingerprint density at radius 1 is 1.00 bits per heavy atom. The molecule has 0 amide bonds. The van der Waals surface area contributed by atoms with Crippen molar-refractivity contribution in [3.8, 4) is 11.5 Å². The second-order valence-corrected chi connectivity index (χ2v) is 9.31. The van der Waals surface area contributed by atoms with Gasteiger partial charge in [-0.25, -0.2) is 13.1 Å². The van der Waals surface area contributed by atoms with Crippen LogP contribution >= 0.6 is 35.0 Å². The highest BCUT2D eigenvalue weighted by Crippen LogP contribution is 2.30. The van der Waals surface area contributed by atoms with Gasteiger partial charge in [-0.2, -0.15) is 11.8 Å². The van der Waals surface area contributed by atoms with E-state index in [1.54, 1.807) is 36.0 Å². The van der Waals surface area contributed by atoms with Gasteiger partial charge in [0.2, 0.25) is 10.0 Å². The van der Waals surface area contributed by atoms with Crippen LogP contribution in [-0.4, -0.2) is 33.9 Å². The molecule has 0 saturated carbocycles. The lowest BCUT2D eigenvalue weighted by molar-refractivity contribution is 0.287. The zero-order valence-corrected chi connectivity index (χ0v) is 18.8. The van der Waals surface area contributed by atoms with Gasteiger partial charge < -0.3 is 9.47 Å². The Kier molecular flexibility index (Phi) is 9.24. The van der Waals surface area contributed by atoms with Gasteiger partial charge in [0.1, 0.15) is 0 Å². The average Bonchev–Trinajstić information content (AvgIpc) is 2.65. The van der Waals surface area contributed by atoms with Gasteiger partial charge in [-0.1, -0.05) is 29.3 Å². The second-order valence-electron chi connectivity index (χ2n) is 5.63. The first-order valence-corrected chi connectivity index (χ1v) is 12.2. The van der Waals surface area contributed by atoms with E-state index in [0.717, 1.165) is 5.56 Å². The van der Waals surface area contributed by atoms with Crippen LogP contribution in [0.15, 0.2) is 41.3 Å². The second kappa shape index (κ2) is 11.2. The molecule has 0 aliphatic rings. The summed E-state index contributed by atoms with van der Waals surface area (Å²) in [6.07, 6.45) is 0. The Morgan fingerprint density at radius 3 is 2.29 bits per heavy atom. The minimum atomic E-state index is -3.65. The van der Waals surface area contributed by atoms with Crippen molar-refractivity contribution in [1.82, 2.24) is 4.72 Å². The molecule has 154 valence electrons. The summed E-state index contributed by atoms with van der Waals surface area (Å²) in [4.78, 5) is 0.138. The van der Waals surface area contributed by atoms with Gasteiger partial charge in [0, 0.05) is 34.2 Å². The van der Waals surface area contributed by atoms with Crippen LogP contribution in [0.3, 0.4) is 0 Å². The standard InChI is InChI=1S/C19H23Cl2NO4S2/c1-3-25-18-9-8-14(12-19(18)26-4-2)28(23,24)22-10-11-27-13-15-16(20)6-5-7-17(15)21/h5-9,12,22H,3-4,10-11,13H2,1-2H3. The minimum Gasteiger partial charge on any atom is -0.490 e. The molecule has 0 aromatic heterocycles. The van der Waals surface area contributed by atoms with Crippen LogP contribution in [0, 0.1) is 0 Å². The Balaban J connectivity index is 1.93.